The SMILES string of the molecule is Cc1ccc(NCc2cc(Br)ccc2F)c(Br)c1. The summed E-state index contributed by atoms with van der Waals surface area (Å²) in [6, 6.07) is 11.0. The molecule has 0 unspecified atom stereocenters. The van der Waals surface area contributed by atoms with Gasteiger partial charge in [-0.3, -0.25) is 0 Å². The molecular formula is C14H12Br2FN. The number of nitrogens with one attached hydrogen (secondary N) is 1. The fourth-order valence-electron chi connectivity index (χ4n) is 1.63. The number of hydrogen-bond donors (Lipinski definition) is 1. The lowest BCUT2D eigenvalue weighted by Gasteiger charge is -2.10. The third kappa shape index (κ3) is 3.33. The molecule has 0 aromatic heterocycles. The normalized spacial score (nSPS) is 10.4. The molecule has 94 valence electrons. The maximum absolute atomic E-state index is 13.6. The van der Waals surface area contributed by atoms with E-state index in [1.807, 2.05) is 25.1 Å². The Morgan fingerprint density at radius 2 is 1.89 bits per heavy atom. The first-order chi connectivity index (χ1) is 8.56. The average molecular weight is 373 g/mol. The molecule has 0 aliphatic heterocycles. The number of benzene rings is 2. The molecule has 18 heavy (non-hydrogen) atoms. The molecule has 0 saturated heterocycles. The van der Waals surface area contributed by atoms with Crippen LogP contribution in [0.1, 0.15) is 11.1 Å². The third-order valence-electron chi connectivity index (χ3n) is 2.60. The van der Waals surface area contributed by atoms with Gasteiger partial charge in [-0.2, -0.15) is 0 Å². The van der Waals surface area contributed by atoms with Crippen LogP contribution in [0.4, 0.5) is 10.1 Å². The van der Waals surface area contributed by atoms with E-state index in [-0.39, 0.29) is 5.82 Å². The summed E-state index contributed by atoms with van der Waals surface area (Å²) in [6.45, 7) is 2.48. The lowest BCUT2D eigenvalue weighted by molar-refractivity contribution is 0.612. The van der Waals surface area contributed by atoms with Crippen molar-refractivity contribution in [3.63, 3.8) is 0 Å². The molecule has 2 aromatic carbocycles. The maximum atomic E-state index is 13.6. The summed E-state index contributed by atoms with van der Waals surface area (Å²) < 4.78 is 15.4. The summed E-state index contributed by atoms with van der Waals surface area (Å²) >= 11 is 6.83. The second-order valence-corrected chi connectivity index (χ2v) is 5.84. The topological polar surface area (TPSA) is 12.0 Å². The molecular weight excluding hydrogens is 361 g/mol. The van der Waals surface area contributed by atoms with Crippen LogP contribution in [0.15, 0.2) is 45.3 Å². The molecule has 1 N–H and O–H groups in total. The Morgan fingerprint density at radius 1 is 1.11 bits per heavy atom. The second-order valence-electron chi connectivity index (χ2n) is 4.07. The molecule has 0 radical (unpaired) electrons. The largest absolute Gasteiger partial charge is 0.380 e. The fourth-order valence-corrected chi connectivity index (χ4v) is 2.67. The van der Waals surface area contributed by atoms with Crippen molar-refractivity contribution in [2.24, 2.45) is 0 Å². The van der Waals surface area contributed by atoms with Crippen LogP contribution in [0.25, 0.3) is 0 Å². The van der Waals surface area contributed by atoms with Crippen LogP contribution in [0.5, 0.6) is 0 Å². The Morgan fingerprint density at radius 3 is 2.61 bits per heavy atom. The van der Waals surface area contributed by atoms with E-state index >= 15 is 0 Å². The van der Waals surface area contributed by atoms with Gasteiger partial charge in [-0.05, 0) is 58.7 Å². The second kappa shape index (κ2) is 5.85. The Balaban J connectivity index is 2.13. The molecule has 0 spiro atoms. The molecule has 0 saturated carbocycles. The van der Waals surface area contributed by atoms with Gasteiger partial charge >= 0.3 is 0 Å². The summed E-state index contributed by atoms with van der Waals surface area (Å²) in [5.74, 6) is -0.200. The van der Waals surface area contributed by atoms with Gasteiger partial charge in [0.15, 0.2) is 0 Å². The average Bonchev–Trinajstić information content (AvgIpc) is 2.32. The highest BCUT2D eigenvalue weighted by Crippen LogP contribution is 2.24. The Bertz CT molecular complexity index is 570. The molecule has 0 atom stereocenters. The summed E-state index contributed by atoms with van der Waals surface area (Å²) in [5, 5.41) is 3.22. The lowest BCUT2D eigenvalue weighted by atomic mass is 10.2. The minimum Gasteiger partial charge on any atom is -0.380 e. The molecule has 0 aliphatic rings. The Hall–Kier alpha value is -0.870. The fraction of sp³-hybridized carbons (Fsp3) is 0.143. The van der Waals surface area contributed by atoms with Gasteiger partial charge in [0, 0.05) is 26.7 Å². The molecule has 2 rings (SSSR count). The zero-order valence-corrected chi connectivity index (χ0v) is 13.0. The first kappa shape index (κ1) is 13.6. The van der Waals surface area contributed by atoms with E-state index in [4.69, 9.17) is 0 Å². The van der Waals surface area contributed by atoms with Gasteiger partial charge in [0.2, 0.25) is 0 Å². The predicted octanol–water partition coefficient (Wildman–Crippen LogP) is 5.27. The highest BCUT2D eigenvalue weighted by Gasteiger charge is 2.04. The van der Waals surface area contributed by atoms with Gasteiger partial charge in [0.25, 0.3) is 0 Å². The standard InChI is InChI=1S/C14H12Br2FN/c1-9-2-5-14(12(16)6-9)18-8-10-7-11(15)3-4-13(10)17/h2-7,18H,8H2,1H3. The number of aryl methyl sites for hydroxylation is 1. The van der Waals surface area contributed by atoms with Crippen LogP contribution in [0.3, 0.4) is 0 Å². The molecule has 0 fully saturated rings. The van der Waals surface area contributed by atoms with E-state index in [9.17, 15) is 4.39 Å². The third-order valence-corrected chi connectivity index (χ3v) is 3.75. The van der Waals surface area contributed by atoms with Crippen LogP contribution in [0, 0.1) is 12.7 Å². The van der Waals surface area contributed by atoms with E-state index in [0.29, 0.717) is 12.1 Å². The van der Waals surface area contributed by atoms with Crippen LogP contribution < -0.4 is 5.32 Å². The monoisotopic (exact) mass is 371 g/mol. The summed E-state index contributed by atoms with van der Waals surface area (Å²) in [6.07, 6.45) is 0. The van der Waals surface area contributed by atoms with E-state index in [0.717, 1.165) is 14.6 Å². The van der Waals surface area contributed by atoms with E-state index in [2.05, 4.69) is 37.2 Å². The van der Waals surface area contributed by atoms with E-state index in [1.54, 1.807) is 12.1 Å². The molecule has 4 heteroatoms. The Labute approximate surface area is 123 Å². The Kier molecular flexibility index (Phi) is 4.40. The highest BCUT2D eigenvalue weighted by atomic mass is 79.9. The summed E-state index contributed by atoms with van der Waals surface area (Å²) in [7, 11) is 0. The minimum absolute atomic E-state index is 0.200. The van der Waals surface area contributed by atoms with Crippen molar-refractivity contribution in [1.82, 2.24) is 0 Å². The quantitative estimate of drug-likeness (QED) is 0.773. The van der Waals surface area contributed by atoms with Gasteiger partial charge in [0.05, 0.1) is 0 Å². The maximum Gasteiger partial charge on any atom is 0.128 e. The zero-order valence-electron chi connectivity index (χ0n) is 9.81. The summed E-state index contributed by atoms with van der Waals surface area (Å²) in [5.41, 5.74) is 2.78. The lowest BCUT2D eigenvalue weighted by Crippen LogP contribution is -2.02. The summed E-state index contributed by atoms with van der Waals surface area (Å²) in [4.78, 5) is 0. The number of anilines is 1. The molecule has 0 heterocycles. The van der Waals surface area contributed by atoms with Crippen molar-refractivity contribution in [3.8, 4) is 0 Å². The molecule has 0 bridgehead atoms. The van der Waals surface area contributed by atoms with Crippen molar-refractivity contribution in [1.29, 1.82) is 0 Å². The first-order valence-electron chi connectivity index (χ1n) is 5.50. The van der Waals surface area contributed by atoms with Crippen LogP contribution in [-0.4, -0.2) is 0 Å². The molecule has 0 amide bonds. The van der Waals surface area contributed by atoms with Gasteiger partial charge in [-0.15, -0.1) is 0 Å². The van der Waals surface area contributed by atoms with E-state index < -0.39 is 0 Å². The number of hydrogen-bond acceptors (Lipinski definition) is 1. The van der Waals surface area contributed by atoms with Crippen molar-refractivity contribution < 1.29 is 4.39 Å². The van der Waals surface area contributed by atoms with Crippen LogP contribution >= 0.6 is 31.9 Å². The molecule has 0 aliphatic carbocycles. The zero-order chi connectivity index (χ0) is 13.1. The van der Waals surface area contributed by atoms with Gasteiger partial charge < -0.3 is 5.32 Å². The van der Waals surface area contributed by atoms with Crippen LogP contribution in [0.2, 0.25) is 0 Å². The minimum atomic E-state index is -0.200. The first-order valence-corrected chi connectivity index (χ1v) is 7.09. The predicted molar refractivity (Wildman–Crippen MR) is 80.3 cm³/mol. The van der Waals surface area contributed by atoms with E-state index in [1.165, 1.54) is 11.6 Å². The molecule has 2 aromatic rings. The van der Waals surface area contributed by atoms with Crippen molar-refractivity contribution >= 4 is 37.5 Å². The van der Waals surface area contributed by atoms with Crippen LogP contribution in [-0.2, 0) is 6.54 Å². The van der Waals surface area contributed by atoms with Gasteiger partial charge in [-0.1, -0.05) is 22.0 Å². The highest BCUT2D eigenvalue weighted by molar-refractivity contribution is 9.10. The van der Waals surface area contributed by atoms with Crippen molar-refractivity contribution in [3.05, 3.63) is 62.3 Å². The van der Waals surface area contributed by atoms with Crippen molar-refractivity contribution in [2.75, 3.05) is 5.32 Å². The van der Waals surface area contributed by atoms with Gasteiger partial charge in [-0.25, -0.2) is 4.39 Å². The molecule has 1 nitrogen and oxygen atoms in total. The number of halogens is 3. The van der Waals surface area contributed by atoms with Crippen molar-refractivity contribution in [2.45, 2.75) is 13.5 Å². The van der Waals surface area contributed by atoms with Gasteiger partial charge in [0.1, 0.15) is 5.82 Å². The number of rotatable bonds is 3. The smallest absolute Gasteiger partial charge is 0.128 e.